The first-order valence-corrected chi connectivity index (χ1v) is 6.76. The lowest BCUT2D eigenvalue weighted by atomic mass is 10.3. The quantitative estimate of drug-likeness (QED) is 0.685. The third-order valence-corrected chi connectivity index (χ3v) is 4.13. The standard InChI is InChI=1S/C12H12ClN3O2S/c1-7-3-10(19-8(7)2)6-15-12-11(13)4-9(5-14-12)16(17)18/h3-5H,6H2,1-2H3,(H,14,15). The number of aryl methyl sites for hydroxylation is 2. The number of nitrogens with one attached hydrogen (secondary N) is 1. The molecule has 0 unspecified atom stereocenters. The molecule has 0 saturated heterocycles. The predicted molar refractivity (Wildman–Crippen MR) is 77.0 cm³/mol. The molecule has 2 rings (SSSR count). The lowest BCUT2D eigenvalue weighted by Crippen LogP contribution is -2.01. The summed E-state index contributed by atoms with van der Waals surface area (Å²) in [6.07, 6.45) is 1.19. The number of aromatic nitrogens is 1. The lowest BCUT2D eigenvalue weighted by Gasteiger charge is -2.05. The monoisotopic (exact) mass is 297 g/mol. The van der Waals surface area contributed by atoms with Crippen LogP contribution in [0.1, 0.15) is 15.3 Å². The molecule has 5 nitrogen and oxygen atoms in total. The summed E-state index contributed by atoms with van der Waals surface area (Å²) in [6.45, 7) is 4.73. The topological polar surface area (TPSA) is 68.1 Å². The Morgan fingerprint density at radius 1 is 1.47 bits per heavy atom. The van der Waals surface area contributed by atoms with E-state index in [0.717, 1.165) is 0 Å². The Labute approximate surface area is 119 Å². The fourth-order valence-corrected chi connectivity index (χ4v) is 2.79. The molecule has 0 amide bonds. The first-order chi connectivity index (χ1) is 8.97. The Hall–Kier alpha value is -1.66. The van der Waals surface area contributed by atoms with Gasteiger partial charge in [-0.15, -0.1) is 11.3 Å². The Bertz CT molecular complexity index is 608. The second-order valence-corrected chi connectivity index (χ2v) is 5.83. The van der Waals surface area contributed by atoms with Crippen LogP contribution in [-0.4, -0.2) is 9.91 Å². The molecule has 7 heteroatoms. The molecule has 0 spiro atoms. The summed E-state index contributed by atoms with van der Waals surface area (Å²) in [5.74, 6) is 0.455. The largest absolute Gasteiger partial charge is 0.364 e. The van der Waals surface area contributed by atoms with Crippen molar-refractivity contribution < 1.29 is 4.92 Å². The summed E-state index contributed by atoms with van der Waals surface area (Å²) in [6, 6.07) is 3.40. The molecule has 2 aromatic heterocycles. The zero-order valence-corrected chi connectivity index (χ0v) is 12.0. The molecule has 100 valence electrons. The first-order valence-electron chi connectivity index (χ1n) is 5.57. The zero-order chi connectivity index (χ0) is 14.0. The van der Waals surface area contributed by atoms with Gasteiger partial charge >= 0.3 is 0 Å². The van der Waals surface area contributed by atoms with E-state index in [0.29, 0.717) is 12.4 Å². The van der Waals surface area contributed by atoms with E-state index in [1.807, 2.05) is 0 Å². The van der Waals surface area contributed by atoms with Gasteiger partial charge < -0.3 is 5.32 Å². The Morgan fingerprint density at radius 2 is 2.21 bits per heavy atom. The number of anilines is 1. The summed E-state index contributed by atoms with van der Waals surface area (Å²) < 4.78 is 0. The minimum atomic E-state index is -0.519. The van der Waals surface area contributed by atoms with E-state index in [1.54, 1.807) is 11.3 Å². The number of thiophene rings is 1. The van der Waals surface area contributed by atoms with E-state index < -0.39 is 4.92 Å². The third-order valence-electron chi connectivity index (χ3n) is 2.68. The maximum atomic E-state index is 10.6. The van der Waals surface area contributed by atoms with Gasteiger partial charge in [0.05, 0.1) is 16.5 Å². The van der Waals surface area contributed by atoms with Crippen molar-refractivity contribution in [3.63, 3.8) is 0 Å². The van der Waals surface area contributed by atoms with Gasteiger partial charge in [0.1, 0.15) is 12.0 Å². The maximum absolute atomic E-state index is 10.6. The number of pyridine rings is 1. The van der Waals surface area contributed by atoms with Crippen molar-refractivity contribution in [3.05, 3.63) is 48.8 Å². The van der Waals surface area contributed by atoms with Gasteiger partial charge in [0.15, 0.2) is 0 Å². The summed E-state index contributed by atoms with van der Waals surface area (Å²) in [5, 5.41) is 13.9. The highest BCUT2D eigenvalue weighted by Gasteiger charge is 2.11. The third kappa shape index (κ3) is 3.21. The highest BCUT2D eigenvalue weighted by atomic mass is 35.5. The highest BCUT2D eigenvalue weighted by Crippen LogP contribution is 2.26. The molecule has 2 aromatic rings. The van der Waals surface area contributed by atoms with Crippen LogP contribution in [-0.2, 0) is 6.54 Å². The van der Waals surface area contributed by atoms with Crippen molar-refractivity contribution >= 4 is 34.4 Å². The zero-order valence-electron chi connectivity index (χ0n) is 10.4. The highest BCUT2D eigenvalue weighted by molar-refractivity contribution is 7.12. The van der Waals surface area contributed by atoms with E-state index in [9.17, 15) is 10.1 Å². The Kier molecular flexibility index (Phi) is 4.01. The average molecular weight is 298 g/mol. The van der Waals surface area contributed by atoms with Crippen LogP contribution in [0.2, 0.25) is 5.02 Å². The summed E-state index contributed by atoms with van der Waals surface area (Å²) in [4.78, 5) is 16.5. The van der Waals surface area contributed by atoms with Crippen LogP contribution >= 0.6 is 22.9 Å². The van der Waals surface area contributed by atoms with Crippen molar-refractivity contribution in [2.24, 2.45) is 0 Å². The minimum Gasteiger partial charge on any atom is -0.364 e. The number of nitro groups is 1. The molecule has 0 saturated carbocycles. The number of rotatable bonds is 4. The van der Waals surface area contributed by atoms with Gasteiger partial charge in [-0.2, -0.15) is 0 Å². The average Bonchev–Trinajstić information content (AvgIpc) is 2.67. The molecule has 0 bridgehead atoms. The first kappa shape index (κ1) is 13.8. The molecule has 0 aliphatic carbocycles. The van der Waals surface area contributed by atoms with E-state index in [4.69, 9.17) is 11.6 Å². The van der Waals surface area contributed by atoms with Crippen molar-refractivity contribution in [2.75, 3.05) is 5.32 Å². The van der Waals surface area contributed by atoms with Crippen LogP contribution in [0.3, 0.4) is 0 Å². The molecule has 0 aliphatic rings. The van der Waals surface area contributed by atoms with Gasteiger partial charge in [-0.25, -0.2) is 4.98 Å². The van der Waals surface area contributed by atoms with Crippen LogP contribution in [0.4, 0.5) is 11.5 Å². The fourth-order valence-electron chi connectivity index (χ4n) is 1.57. The van der Waals surface area contributed by atoms with Gasteiger partial charge in [-0.3, -0.25) is 10.1 Å². The molecule has 0 atom stereocenters. The Balaban J connectivity index is 2.09. The molecule has 0 aromatic carbocycles. The van der Waals surface area contributed by atoms with Crippen LogP contribution in [0.15, 0.2) is 18.3 Å². The smallest absolute Gasteiger partial charge is 0.289 e. The van der Waals surface area contributed by atoms with E-state index in [-0.39, 0.29) is 10.7 Å². The molecule has 2 heterocycles. The lowest BCUT2D eigenvalue weighted by molar-refractivity contribution is -0.385. The molecule has 0 radical (unpaired) electrons. The van der Waals surface area contributed by atoms with Gasteiger partial charge in [-0.1, -0.05) is 11.6 Å². The summed E-state index contributed by atoms with van der Waals surface area (Å²) in [7, 11) is 0. The van der Waals surface area contributed by atoms with Crippen molar-refractivity contribution in [1.29, 1.82) is 0 Å². The van der Waals surface area contributed by atoms with Gasteiger partial charge in [0.25, 0.3) is 5.69 Å². The number of nitrogens with zero attached hydrogens (tertiary/aromatic N) is 2. The second-order valence-electron chi connectivity index (χ2n) is 4.09. The molecule has 19 heavy (non-hydrogen) atoms. The van der Waals surface area contributed by atoms with Crippen LogP contribution in [0.25, 0.3) is 0 Å². The van der Waals surface area contributed by atoms with Gasteiger partial charge in [-0.05, 0) is 25.5 Å². The number of hydrogen-bond acceptors (Lipinski definition) is 5. The Morgan fingerprint density at radius 3 is 2.74 bits per heavy atom. The summed E-state index contributed by atoms with van der Waals surface area (Å²) in [5.41, 5.74) is 1.14. The number of hydrogen-bond donors (Lipinski definition) is 1. The van der Waals surface area contributed by atoms with Crippen molar-refractivity contribution in [1.82, 2.24) is 4.98 Å². The van der Waals surface area contributed by atoms with Crippen molar-refractivity contribution in [2.45, 2.75) is 20.4 Å². The SMILES string of the molecule is Cc1cc(CNc2ncc([N+](=O)[O-])cc2Cl)sc1C. The van der Waals surface area contributed by atoms with E-state index in [1.165, 1.54) is 27.6 Å². The summed E-state index contributed by atoms with van der Waals surface area (Å²) >= 11 is 7.66. The molecule has 1 N–H and O–H groups in total. The maximum Gasteiger partial charge on any atom is 0.289 e. The van der Waals surface area contributed by atoms with E-state index in [2.05, 4.69) is 30.2 Å². The van der Waals surface area contributed by atoms with Gasteiger partial charge in [0.2, 0.25) is 0 Å². The predicted octanol–water partition coefficient (Wildman–Crippen LogP) is 3.93. The van der Waals surface area contributed by atoms with Crippen LogP contribution < -0.4 is 5.32 Å². The molecular weight excluding hydrogens is 286 g/mol. The second kappa shape index (κ2) is 5.54. The molecule has 0 aliphatic heterocycles. The van der Waals surface area contributed by atoms with Crippen molar-refractivity contribution in [3.8, 4) is 0 Å². The van der Waals surface area contributed by atoms with E-state index >= 15 is 0 Å². The minimum absolute atomic E-state index is 0.113. The number of halogens is 1. The van der Waals surface area contributed by atoms with Gasteiger partial charge in [0, 0.05) is 15.8 Å². The fraction of sp³-hybridized carbons (Fsp3) is 0.250. The normalized spacial score (nSPS) is 10.5. The molecular formula is C12H12ClN3O2S. The van der Waals surface area contributed by atoms with Crippen LogP contribution in [0.5, 0.6) is 0 Å². The van der Waals surface area contributed by atoms with Crippen LogP contribution in [0, 0.1) is 24.0 Å². The molecule has 0 fully saturated rings.